The fourth-order valence-corrected chi connectivity index (χ4v) is 5.17. The van der Waals surface area contributed by atoms with Gasteiger partial charge in [-0.3, -0.25) is 4.79 Å². The Balaban J connectivity index is 1.69. The van der Waals surface area contributed by atoms with Crippen molar-refractivity contribution in [2.75, 3.05) is 32.1 Å². The molecule has 2 aromatic rings. The van der Waals surface area contributed by atoms with Crippen molar-refractivity contribution in [1.82, 2.24) is 4.31 Å². The van der Waals surface area contributed by atoms with Gasteiger partial charge in [0.1, 0.15) is 5.75 Å². The molecular weight excluding hydrogens is 432 g/mol. The molecule has 2 aromatic carbocycles. The topological polar surface area (TPSA) is 102 Å². The van der Waals surface area contributed by atoms with E-state index < -0.39 is 16.0 Å². The van der Waals surface area contributed by atoms with Crippen molar-refractivity contribution in [2.24, 2.45) is 0 Å². The van der Waals surface area contributed by atoms with Crippen LogP contribution in [-0.2, 0) is 26.0 Å². The maximum Gasteiger partial charge on any atom is 0.338 e. The maximum atomic E-state index is 12.9. The molecule has 0 saturated carbocycles. The fraction of sp³-hybridized carbons (Fsp3) is 0.391. The summed E-state index contributed by atoms with van der Waals surface area (Å²) in [6.45, 7) is 3.04. The molecular formula is C23H28N2O6S. The molecule has 0 aromatic heterocycles. The Kier molecular flexibility index (Phi) is 7.87. The van der Waals surface area contributed by atoms with Gasteiger partial charge < -0.3 is 14.8 Å². The van der Waals surface area contributed by atoms with Crippen LogP contribution in [0.5, 0.6) is 5.75 Å². The molecule has 0 aliphatic carbocycles. The van der Waals surface area contributed by atoms with E-state index in [1.54, 1.807) is 43.3 Å². The van der Waals surface area contributed by atoms with Gasteiger partial charge in [-0.05, 0) is 68.1 Å². The number of aryl methyl sites for hydroxylation is 1. The lowest BCUT2D eigenvalue weighted by molar-refractivity contribution is -0.116. The van der Waals surface area contributed by atoms with E-state index in [9.17, 15) is 18.0 Å². The Bertz CT molecular complexity index is 1080. The van der Waals surface area contributed by atoms with Crippen molar-refractivity contribution in [3.05, 3.63) is 53.6 Å². The Morgan fingerprint density at radius 2 is 1.84 bits per heavy atom. The van der Waals surface area contributed by atoms with Gasteiger partial charge in [0.15, 0.2) is 0 Å². The molecule has 0 atom stereocenters. The number of benzene rings is 2. The van der Waals surface area contributed by atoms with Crippen LogP contribution in [0.15, 0.2) is 47.4 Å². The zero-order valence-corrected chi connectivity index (χ0v) is 19.1. The Morgan fingerprint density at radius 1 is 1.09 bits per heavy atom. The van der Waals surface area contributed by atoms with E-state index in [0.717, 1.165) is 12.8 Å². The van der Waals surface area contributed by atoms with Crippen LogP contribution in [-0.4, -0.2) is 51.4 Å². The third-order valence-electron chi connectivity index (χ3n) is 5.23. The molecule has 0 spiro atoms. The predicted octanol–water partition coefficient (Wildman–Crippen LogP) is 3.23. The van der Waals surface area contributed by atoms with E-state index in [1.165, 1.54) is 17.5 Å². The normalized spacial score (nSPS) is 14.2. The molecule has 1 saturated heterocycles. The molecule has 1 N–H and O–H groups in total. The number of hydrogen-bond acceptors (Lipinski definition) is 6. The van der Waals surface area contributed by atoms with Crippen molar-refractivity contribution >= 4 is 27.6 Å². The number of hydrogen-bond donors (Lipinski definition) is 1. The van der Waals surface area contributed by atoms with Crippen molar-refractivity contribution in [1.29, 1.82) is 0 Å². The van der Waals surface area contributed by atoms with Gasteiger partial charge in [-0.15, -0.1) is 0 Å². The Morgan fingerprint density at radius 3 is 2.53 bits per heavy atom. The minimum atomic E-state index is -3.56. The third kappa shape index (κ3) is 5.66. The van der Waals surface area contributed by atoms with Crippen LogP contribution in [0.25, 0.3) is 0 Å². The first-order valence-corrected chi connectivity index (χ1v) is 12.0. The fourth-order valence-electron chi connectivity index (χ4n) is 3.60. The van der Waals surface area contributed by atoms with E-state index in [0.29, 0.717) is 42.1 Å². The molecule has 9 heteroatoms. The van der Waals surface area contributed by atoms with Gasteiger partial charge in [-0.25, -0.2) is 13.2 Å². The van der Waals surface area contributed by atoms with Crippen molar-refractivity contribution in [3.63, 3.8) is 0 Å². The largest absolute Gasteiger partial charge is 0.496 e. The first-order valence-electron chi connectivity index (χ1n) is 10.6. The summed E-state index contributed by atoms with van der Waals surface area (Å²) in [5.41, 5.74) is 1.48. The number of methoxy groups -OCH3 is 1. The number of nitrogens with zero attached hydrogens (tertiary/aromatic N) is 1. The summed E-state index contributed by atoms with van der Waals surface area (Å²) in [6.07, 6.45) is 2.14. The Labute approximate surface area is 188 Å². The molecule has 1 aliphatic heterocycles. The number of rotatable bonds is 9. The molecule has 32 heavy (non-hydrogen) atoms. The maximum absolute atomic E-state index is 12.9. The number of amides is 1. The van der Waals surface area contributed by atoms with Crippen LogP contribution in [0.1, 0.15) is 42.1 Å². The highest BCUT2D eigenvalue weighted by atomic mass is 32.2. The monoisotopic (exact) mass is 460 g/mol. The van der Waals surface area contributed by atoms with Crippen LogP contribution in [0, 0.1) is 0 Å². The highest BCUT2D eigenvalue weighted by Gasteiger charge is 2.27. The number of anilines is 1. The predicted molar refractivity (Wildman–Crippen MR) is 120 cm³/mol. The second-order valence-corrected chi connectivity index (χ2v) is 9.37. The van der Waals surface area contributed by atoms with E-state index in [-0.39, 0.29) is 23.8 Å². The molecule has 3 rings (SSSR count). The number of nitrogens with one attached hydrogen (secondary N) is 1. The third-order valence-corrected chi connectivity index (χ3v) is 7.13. The van der Waals surface area contributed by atoms with Gasteiger partial charge in [-0.2, -0.15) is 4.31 Å². The lowest BCUT2D eigenvalue weighted by Crippen LogP contribution is -2.28. The van der Waals surface area contributed by atoms with E-state index in [2.05, 4.69) is 5.32 Å². The summed E-state index contributed by atoms with van der Waals surface area (Å²) in [4.78, 5) is 24.6. The minimum absolute atomic E-state index is 0.118. The average Bonchev–Trinajstić information content (AvgIpc) is 3.34. The molecule has 0 unspecified atom stereocenters. The van der Waals surface area contributed by atoms with Gasteiger partial charge in [-0.1, -0.05) is 6.07 Å². The standard InChI is InChI=1S/C23H28N2O6S/c1-3-31-23(27)18-7-6-8-19(15-18)24-22(26)12-9-17-16-20(10-11-21(17)30-2)32(28,29)25-13-4-5-14-25/h6-8,10-11,15-16H,3-5,9,12-14H2,1-2H3,(H,24,26). The van der Waals surface area contributed by atoms with Crippen LogP contribution < -0.4 is 10.1 Å². The molecule has 1 fully saturated rings. The van der Waals surface area contributed by atoms with E-state index >= 15 is 0 Å². The SMILES string of the molecule is CCOC(=O)c1cccc(NC(=O)CCc2cc(S(=O)(=O)N3CCCC3)ccc2OC)c1. The van der Waals surface area contributed by atoms with Crippen molar-refractivity contribution in [2.45, 2.75) is 37.5 Å². The smallest absolute Gasteiger partial charge is 0.338 e. The number of sulfonamides is 1. The summed E-state index contributed by atoms with van der Waals surface area (Å²) >= 11 is 0. The number of esters is 1. The van der Waals surface area contributed by atoms with E-state index in [1.807, 2.05) is 0 Å². The zero-order valence-electron chi connectivity index (χ0n) is 18.3. The lowest BCUT2D eigenvalue weighted by Gasteiger charge is -2.17. The molecule has 1 heterocycles. The summed E-state index contributed by atoms with van der Waals surface area (Å²) < 4.78 is 37.6. The van der Waals surface area contributed by atoms with Crippen LogP contribution in [0.4, 0.5) is 5.69 Å². The number of ether oxygens (including phenoxy) is 2. The van der Waals surface area contributed by atoms with Gasteiger partial charge in [0.2, 0.25) is 15.9 Å². The quantitative estimate of drug-likeness (QED) is 0.577. The summed E-state index contributed by atoms with van der Waals surface area (Å²) in [6, 6.07) is 11.3. The minimum Gasteiger partial charge on any atom is -0.496 e. The average molecular weight is 461 g/mol. The summed E-state index contributed by atoms with van der Waals surface area (Å²) in [7, 11) is -2.05. The molecule has 1 amide bonds. The summed E-state index contributed by atoms with van der Waals surface area (Å²) in [5, 5.41) is 2.76. The van der Waals surface area contributed by atoms with E-state index in [4.69, 9.17) is 9.47 Å². The molecule has 8 nitrogen and oxygen atoms in total. The zero-order chi connectivity index (χ0) is 23.1. The highest BCUT2D eigenvalue weighted by molar-refractivity contribution is 7.89. The second-order valence-electron chi connectivity index (χ2n) is 7.43. The lowest BCUT2D eigenvalue weighted by atomic mass is 10.1. The van der Waals surface area contributed by atoms with Gasteiger partial charge in [0.25, 0.3) is 0 Å². The first-order chi connectivity index (χ1) is 15.3. The highest BCUT2D eigenvalue weighted by Crippen LogP contribution is 2.27. The van der Waals surface area contributed by atoms with Gasteiger partial charge in [0, 0.05) is 25.2 Å². The van der Waals surface area contributed by atoms with Crippen LogP contribution >= 0.6 is 0 Å². The molecule has 172 valence electrons. The second kappa shape index (κ2) is 10.6. The molecule has 0 radical (unpaired) electrons. The van der Waals surface area contributed by atoms with Crippen molar-refractivity contribution < 1.29 is 27.5 Å². The van der Waals surface area contributed by atoms with Crippen LogP contribution in [0.2, 0.25) is 0 Å². The first kappa shape index (κ1) is 23.7. The number of carbonyl (C=O) groups excluding carboxylic acids is 2. The van der Waals surface area contributed by atoms with Crippen LogP contribution in [0.3, 0.4) is 0 Å². The number of carbonyl (C=O) groups is 2. The molecule has 1 aliphatic rings. The van der Waals surface area contributed by atoms with Crippen molar-refractivity contribution in [3.8, 4) is 5.75 Å². The van der Waals surface area contributed by atoms with Gasteiger partial charge >= 0.3 is 5.97 Å². The Hall–Kier alpha value is -2.91. The van der Waals surface area contributed by atoms with Gasteiger partial charge in [0.05, 0.1) is 24.2 Å². The molecule has 0 bridgehead atoms. The summed E-state index contributed by atoms with van der Waals surface area (Å²) in [5.74, 6) is -0.187.